The van der Waals surface area contributed by atoms with Crippen molar-refractivity contribution < 1.29 is 9.21 Å². The highest BCUT2D eigenvalue weighted by Gasteiger charge is 2.30. The fraction of sp³-hybridized carbons (Fsp3) is 0.231. The summed E-state index contributed by atoms with van der Waals surface area (Å²) >= 11 is 1.59. The van der Waals surface area contributed by atoms with Gasteiger partial charge in [0.2, 0.25) is 5.89 Å². The van der Waals surface area contributed by atoms with Crippen molar-refractivity contribution in [3.05, 3.63) is 45.9 Å². The summed E-state index contributed by atoms with van der Waals surface area (Å²) in [6.45, 7) is 3.70. The average molecular weight is 275 g/mol. The molecule has 0 bridgehead atoms. The fourth-order valence-electron chi connectivity index (χ4n) is 2.13. The van der Waals surface area contributed by atoms with Crippen LogP contribution in [-0.2, 0) is 0 Å². The summed E-state index contributed by atoms with van der Waals surface area (Å²) in [6, 6.07) is 3.53. The van der Waals surface area contributed by atoms with Gasteiger partial charge < -0.3 is 15.1 Å². The first kappa shape index (κ1) is 12.0. The molecule has 3 heterocycles. The van der Waals surface area contributed by atoms with Crippen molar-refractivity contribution in [2.45, 2.75) is 19.9 Å². The van der Waals surface area contributed by atoms with E-state index in [9.17, 15) is 4.79 Å². The molecular formula is C13H13N3O2S. The van der Waals surface area contributed by atoms with Crippen LogP contribution in [0.25, 0.3) is 5.57 Å². The first-order valence-corrected chi connectivity index (χ1v) is 6.77. The van der Waals surface area contributed by atoms with Crippen LogP contribution in [0.2, 0.25) is 0 Å². The van der Waals surface area contributed by atoms with Crippen LogP contribution in [-0.4, -0.2) is 11.0 Å². The lowest BCUT2D eigenvalue weighted by Gasteiger charge is -2.26. The second kappa shape index (κ2) is 4.55. The van der Waals surface area contributed by atoms with Gasteiger partial charge in [-0.3, -0.25) is 0 Å². The molecule has 1 aliphatic heterocycles. The van der Waals surface area contributed by atoms with Crippen LogP contribution in [0.5, 0.6) is 0 Å². The zero-order valence-corrected chi connectivity index (χ0v) is 11.4. The number of hydrogen-bond donors (Lipinski definition) is 2. The minimum atomic E-state index is -0.216. The van der Waals surface area contributed by atoms with Gasteiger partial charge >= 0.3 is 6.03 Å². The first-order valence-electron chi connectivity index (χ1n) is 5.89. The molecule has 2 aromatic rings. The van der Waals surface area contributed by atoms with Gasteiger partial charge in [0.1, 0.15) is 5.76 Å². The third-order valence-corrected chi connectivity index (χ3v) is 3.89. The number of nitrogens with one attached hydrogen (secondary N) is 2. The van der Waals surface area contributed by atoms with E-state index in [1.165, 1.54) is 0 Å². The Morgan fingerprint density at radius 3 is 2.89 bits per heavy atom. The number of amides is 2. The molecule has 0 spiro atoms. The Labute approximate surface area is 114 Å². The van der Waals surface area contributed by atoms with Crippen molar-refractivity contribution in [1.82, 2.24) is 15.6 Å². The monoisotopic (exact) mass is 275 g/mol. The normalized spacial score (nSPS) is 19.3. The third kappa shape index (κ3) is 2.15. The molecule has 6 heteroatoms. The number of nitrogens with zero attached hydrogens (tertiary/aromatic N) is 1. The number of allylic oxidation sites excluding steroid dienone is 1. The molecule has 0 aromatic carbocycles. The molecule has 5 nitrogen and oxygen atoms in total. The zero-order chi connectivity index (χ0) is 13.4. The third-order valence-electron chi connectivity index (χ3n) is 2.95. The molecule has 1 aliphatic rings. The van der Waals surface area contributed by atoms with E-state index in [-0.39, 0.29) is 12.1 Å². The molecule has 0 saturated carbocycles. The highest BCUT2D eigenvalue weighted by molar-refractivity contribution is 7.10. The molecule has 0 fully saturated rings. The predicted octanol–water partition coefficient (Wildman–Crippen LogP) is 2.83. The van der Waals surface area contributed by atoms with Crippen LogP contribution in [0.1, 0.15) is 29.5 Å². The maximum Gasteiger partial charge on any atom is 0.319 e. The minimum Gasteiger partial charge on any atom is -0.442 e. The first-order chi connectivity index (χ1) is 9.15. The SMILES string of the molecule is CC1=C(c2ncc(C)o2)C(c2cccs2)NC(=O)N1. The van der Waals surface area contributed by atoms with Gasteiger partial charge in [-0.15, -0.1) is 11.3 Å². The lowest BCUT2D eigenvalue weighted by Crippen LogP contribution is -2.42. The van der Waals surface area contributed by atoms with Crippen LogP contribution < -0.4 is 10.6 Å². The molecule has 0 saturated heterocycles. The van der Waals surface area contributed by atoms with E-state index >= 15 is 0 Å². The van der Waals surface area contributed by atoms with E-state index in [1.807, 2.05) is 31.4 Å². The molecule has 3 rings (SSSR count). The summed E-state index contributed by atoms with van der Waals surface area (Å²) in [5, 5.41) is 7.66. The Hall–Kier alpha value is -2.08. The minimum absolute atomic E-state index is 0.206. The standard InChI is InChI=1S/C13H13N3O2S/c1-7-6-14-12(18-7)10-8(2)15-13(17)16-11(10)9-4-3-5-19-9/h3-6,11H,1-2H3,(H2,15,16,17). The lowest BCUT2D eigenvalue weighted by molar-refractivity contribution is 0.240. The van der Waals surface area contributed by atoms with Gasteiger partial charge in [-0.1, -0.05) is 6.07 Å². The molecule has 0 aliphatic carbocycles. The Morgan fingerprint density at radius 1 is 1.42 bits per heavy atom. The van der Waals surface area contributed by atoms with E-state index in [2.05, 4.69) is 15.6 Å². The van der Waals surface area contributed by atoms with Crippen molar-refractivity contribution >= 4 is 22.9 Å². The number of hydrogen-bond acceptors (Lipinski definition) is 4. The van der Waals surface area contributed by atoms with Crippen molar-refractivity contribution in [3.63, 3.8) is 0 Å². The van der Waals surface area contributed by atoms with Crippen molar-refractivity contribution in [2.24, 2.45) is 0 Å². The Balaban J connectivity index is 2.10. The molecule has 1 unspecified atom stereocenters. The van der Waals surface area contributed by atoms with Gasteiger partial charge in [-0.25, -0.2) is 9.78 Å². The maximum absolute atomic E-state index is 11.7. The van der Waals surface area contributed by atoms with Crippen molar-refractivity contribution in [2.75, 3.05) is 0 Å². The number of oxazole rings is 1. The number of carbonyl (C=O) groups excluding carboxylic acids is 1. The molecule has 19 heavy (non-hydrogen) atoms. The number of urea groups is 1. The largest absolute Gasteiger partial charge is 0.442 e. The molecule has 1 atom stereocenters. The van der Waals surface area contributed by atoms with E-state index in [0.29, 0.717) is 5.89 Å². The van der Waals surface area contributed by atoms with Gasteiger partial charge in [0.05, 0.1) is 17.8 Å². The van der Waals surface area contributed by atoms with E-state index in [0.717, 1.165) is 21.9 Å². The number of thiophene rings is 1. The van der Waals surface area contributed by atoms with Crippen molar-refractivity contribution in [3.8, 4) is 0 Å². The summed E-state index contributed by atoms with van der Waals surface area (Å²) < 4.78 is 5.60. The topological polar surface area (TPSA) is 67.2 Å². The van der Waals surface area contributed by atoms with Gasteiger partial charge in [-0.05, 0) is 25.3 Å². The predicted molar refractivity (Wildman–Crippen MR) is 72.6 cm³/mol. The maximum atomic E-state index is 11.7. The number of carbonyl (C=O) groups is 1. The van der Waals surface area contributed by atoms with Crippen LogP contribution in [0, 0.1) is 6.92 Å². The lowest BCUT2D eigenvalue weighted by atomic mass is 10.0. The van der Waals surface area contributed by atoms with Gasteiger partial charge in [0.15, 0.2) is 0 Å². The molecule has 2 amide bonds. The number of aromatic nitrogens is 1. The van der Waals surface area contributed by atoms with Gasteiger partial charge in [-0.2, -0.15) is 0 Å². The molecular weight excluding hydrogens is 262 g/mol. The summed E-state index contributed by atoms with van der Waals surface area (Å²) in [4.78, 5) is 17.0. The van der Waals surface area contributed by atoms with E-state index < -0.39 is 0 Å². The van der Waals surface area contributed by atoms with Crippen molar-refractivity contribution in [1.29, 1.82) is 0 Å². The Morgan fingerprint density at radius 2 is 2.26 bits per heavy atom. The summed E-state index contributed by atoms with van der Waals surface area (Å²) in [7, 11) is 0. The van der Waals surface area contributed by atoms with E-state index in [4.69, 9.17) is 4.42 Å². The number of rotatable bonds is 2. The summed E-state index contributed by atoms with van der Waals surface area (Å²) in [6.07, 6.45) is 1.68. The number of aryl methyl sites for hydroxylation is 1. The smallest absolute Gasteiger partial charge is 0.319 e. The average Bonchev–Trinajstić information content (AvgIpc) is 2.99. The molecule has 98 valence electrons. The summed E-state index contributed by atoms with van der Waals surface area (Å²) in [5.74, 6) is 1.29. The quantitative estimate of drug-likeness (QED) is 0.885. The second-order valence-electron chi connectivity index (χ2n) is 4.36. The Kier molecular flexibility index (Phi) is 2.87. The summed E-state index contributed by atoms with van der Waals surface area (Å²) in [5.41, 5.74) is 1.64. The fourth-order valence-corrected chi connectivity index (χ4v) is 2.91. The van der Waals surface area contributed by atoms with Gasteiger partial charge in [0.25, 0.3) is 0 Å². The zero-order valence-electron chi connectivity index (χ0n) is 10.6. The van der Waals surface area contributed by atoms with E-state index in [1.54, 1.807) is 17.5 Å². The molecule has 0 radical (unpaired) electrons. The highest BCUT2D eigenvalue weighted by Crippen LogP contribution is 2.35. The molecule has 2 aromatic heterocycles. The Bertz CT molecular complexity index is 643. The second-order valence-corrected chi connectivity index (χ2v) is 5.34. The molecule has 2 N–H and O–H groups in total. The van der Waals surface area contributed by atoms with Crippen LogP contribution >= 0.6 is 11.3 Å². The van der Waals surface area contributed by atoms with Crippen LogP contribution in [0.15, 0.2) is 33.8 Å². The van der Waals surface area contributed by atoms with Crippen LogP contribution in [0.3, 0.4) is 0 Å². The highest BCUT2D eigenvalue weighted by atomic mass is 32.1. The van der Waals surface area contributed by atoms with Crippen LogP contribution in [0.4, 0.5) is 4.79 Å². The van der Waals surface area contributed by atoms with Gasteiger partial charge in [0, 0.05) is 10.6 Å².